The van der Waals surface area contributed by atoms with Crippen LogP contribution in [0, 0.1) is 0 Å². The van der Waals surface area contributed by atoms with Gasteiger partial charge in [0.05, 0.1) is 23.5 Å². The van der Waals surface area contributed by atoms with Crippen LogP contribution in [-0.2, 0) is 0 Å². The van der Waals surface area contributed by atoms with Crippen molar-refractivity contribution in [1.82, 2.24) is 24.8 Å². The number of fused-ring (bicyclic) bond motifs is 1. The normalized spacial score (nSPS) is 21.4. The van der Waals surface area contributed by atoms with Crippen LogP contribution < -0.4 is 5.32 Å². The average Bonchev–Trinajstić information content (AvgIpc) is 3.01. The average molecular weight is 310 g/mol. The van der Waals surface area contributed by atoms with Crippen molar-refractivity contribution >= 4 is 11.5 Å². The molecule has 0 spiro atoms. The number of aromatic nitrogens is 5. The Morgan fingerprint density at radius 3 is 2.83 bits per heavy atom. The molecule has 0 radical (unpaired) electrons. The smallest absolute Gasteiger partial charge is 0.223 e. The predicted octanol–water partition coefficient (Wildman–Crippen LogP) is 1.90. The van der Waals surface area contributed by atoms with Crippen LogP contribution >= 0.6 is 0 Å². The van der Waals surface area contributed by atoms with E-state index in [0.29, 0.717) is 12.0 Å². The molecule has 0 unspecified atom stereocenters. The topological polar surface area (TPSA) is 88.2 Å². The number of anilines is 1. The molecule has 23 heavy (non-hydrogen) atoms. The van der Waals surface area contributed by atoms with Crippen LogP contribution in [0.4, 0.5) is 5.95 Å². The van der Waals surface area contributed by atoms with Gasteiger partial charge in [0, 0.05) is 24.0 Å². The second-order valence-electron chi connectivity index (χ2n) is 5.87. The highest BCUT2D eigenvalue weighted by molar-refractivity contribution is 5.77. The third-order valence-corrected chi connectivity index (χ3v) is 4.27. The summed E-state index contributed by atoms with van der Waals surface area (Å²) in [5.41, 5.74) is 2.67. The highest BCUT2D eigenvalue weighted by atomic mass is 16.3. The van der Waals surface area contributed by atoms with Gasteiger partial charge in [0.1, 0.15) is 0 Å². The maximum Gasteiger partial charge on any atom is 0.223 e. The third-order valence-electron chi connectivity index (χ3n) is 4.27. The van der Waals surface area contributed by atoms with Crippen molar-refractivity contribution in [1.29, 1.82) is 0 Å². The second-order valence-corrected chi connectivity index (χ2v) is 5.87. The molecule has 1 aliphatic rings. The van der Waals surface area contributed by atoms with E-state index in [4.69, 9.17) is 0 Å². The van der Waals surface area contributed by atoms with Crippen LogP contribution in [0.25, 0.3) is 16.8 Å². The summed E-state index contributed by atoms with van der Waals surface area (Å²) >= 11 is 0. The summed E-state index contributed by atoms with van der Waals surface area (Å²) < 4.78 is 1.59. The zero-order chi connectivity index (χ0) is 15.6. The number of hydrogen-bond acceptors (Lipinski definition) is 6. The Morgan fingerprint density at radius 2 is 1.96 bits per heavy atom. The van der Waals surface area contributed by atoms with E-state index >= 15 is 0 Å². The van der Waals surface area contributed by atoms with E-state index in [2.05, 4.69) is 25.5 Å². The van der Waals surface area contributed by atoms with Crippen LogP contribution in [0.15, 0.2) is 36.8 Å². The summed E-state index contributed by atoms with van der Waals surface area (Å²) in [6, 6.07) is 6.04. The summed E-state index contributed by atoms with van der Waals surface area (Å²) in [5, 5.41) is 21.4. The second kappa shape index (κ2) is 5.92. The molecule has 7 heteroatoms. The molecule has 2 N–H and O–H groups in total. The van der Waals surface area contributed by atoms with Crippen LogP contribution in [-0.4, -0.2) is 42.0 Å². The monoisotopic (exact) mass is 310 g/mol. The predicted molar refractivity (Wildman–Crippen MR) is 85.9 cm³/mol. The first-order chi connectivity index (χ1) is 11.3. The van der Waals surface area contributed by atoms with Crippen molar-refractivity contribution in [3.05, 3.63) is 36.8 Å². The minimum Gasteiger partial charge on any atom is -0.393 e. The molecule has 3 aromatic heterocycles. The number of nitrogens with one attached hydrogen (secondary N) is 1. The van der Waals surface area contributed by atoms with Crippen molar-refractivity contribution in [2.75, 3.05) is 5.32 Å². The molecule has 118 valence electrons. The fourth-order valence-electron chi connectivity index (χ4n) is 3.01. The first kappa shape index (κ1) is 14.1. The van der Waals surface area contributed by atoms with Crippen molar-refractivity contribution in [2.45, 2.75) is 37.8 Å². The molecule has 1 fully saturated rings. The highest BCUT2D eigenvalue weighted by Gasteiger charge is 2.20. The number of hydrogen-bond donors (Lipinski definition) is 2. The molecule has 0 aromatic carbocycles. The lowest BCUT2D eigenvalue weighted by Gasteiger charge is -2.26. The van der Waals surface area contributed by atoms with E-state index in [1.54, 1.807) is 23.2 Å². The molecule has 0 aliphatic heterocycles. The zero-order valence-electron chi connectivity index (χ0n) is 12.6. The standard InChI is InChI=1S/C16H18N6O/c23-12-5-3-11(4-6-12)20-16-17-9-7-14(21-16)13-10-19-22-15(13)2-1-8-18-22/h1-2,7-12,23H,3-6H2,(H,17,20,21)/t11-,12-. The van der Waals surface area contributed by atoms with Crippen LogP contribution in [0.2, 0.25) is 0 Å². The summed E-state index contributed by atoms with van der Waals surface area (Å²) in [6.07, 6.45) is 8.60. The van der Waals surface area contributed by atoms with Gasteiger partial charge in [0.2, 0.25) is 5.95 Å². The number of nitrogens with zero attached hydrogens (tertiary/aromatic N) is 5. The van der Waals surface area contributed by atoms with E-state index in [-0.39, 0.29) is 6.10 Å². The van der Waals surface area contributed by atoms with E-state index in [0.717, 1.165) is 42.5 Å². The molecule has 7 nitrogen and oxygen atoms in total. The van der Waals surface area contributed by atoms with Gasteiger partial charge in [0.25, 0.3) is 0 Å². The fourth-order valence-corrected chi connectivity index (χ4v) is 3.01. The minimum absolute atomic E-state index is 0.161. The summed E-state index contributed by atoms with van der Waals surface area (Å²) in [7, 11) is 0. The number of aliphatic hydroxyl groups excluding tert-OH is 1. The Morgan fingerprint density at radius 1 is 1.09 bits per heavy atom. The van der Waals surface area contributed by atoms with Gasteiger partial charge in [-0.2, -0.15) is 14.8 Å². The Bertz CT molecular complexity index is 809. The van der Waals surface area contributed by atoms with Gasteiger partial charge >= 0.3 is 0 Å². The van der Waals surface area contributed by atoms with Crippen LogP contribution in [0.5, 0.6) is 0 Å². The van der Waals surface area contributed by atoms with E-state index in [9.17, 15) is 5.11 Å². The van der Waals surface area contributed by atoms with Gasteiger partial charge in [-0.1, -0.05) is 0 Å². The molecule has 3 aromatic rings. The summed E-state index contributed by atoms with van der Waals surface area (Å²) in [6.45, 7) is 0. The Balaban J connectivity index is 1.59. The van der Waals surface area contributed by atoms with Crippen LogP contribution in [0.1, 0.15) is 25.7 Å². The van der Waals surface area contributed by atoms with E-state index in [1.807, 2.05) is 18.2 Å². The van der Waals surface area contributed by atoms with Gasteiger partial charge in [0.15, 0.2) is 0 Å². The lowest BCUT2D eigenvalue weighted by atomic mass is 9.93. The maximum absolute atomic E-state index is 9.59. The fraction of sp³-hybridized carbons (Fsp3) is 0.375. The molecule has 1 aliphatic carbocycles. The highest BCUT2D eigenvalue weighted by Crippen LogP contribution is 2.24. The zero-order valence-corrected chi connectivity index (χ0v) is 12.6. The van der Waals surface area contributed by atoms with Crippen molar-refractivity contribution in [2.24, 2.45) is 0 Å². The minimum atomic E-state index is -0.161. The number of aliphatic hydroxyl groups is 1. The molecule has 0 saturated heterocycles. The lowest BCUT2D eigenvalue weighted by Crippen LogP contribution is -2.28. The van der Waals surface area contributed by atoms with Gasteiger partial charge in [-0.05, 0) is 43.9 Å². The first-order valence-corrected chi connectivity index (χ1v) is 7.86. The molecule has 1 saturated carbocycles. The van der Waals surface area contributed by atoms with Gasteiger partial charge < -0.3 is 10.4 Å². The lowest BCUT2D eigenvalue weighted by molar-refractivity contribution is 0.126. The number of rotatable bonds is 3. The van der Waals surface area contributed by atoms with E-state index in [1.165, 1.54) is 0 Å². The largest absolute Gasteiger partial charge is 0.393 e. The van der Waals surface area contributed by atoms with Gasteiger partial charge in [-0.15, -0.1) is 0 Å². The van der Waals surface area contributed by atoms with Crippen LogP contribution in [0.3, 0.4) is 0 Å². The Kier molecular flexibility index (Phi) is 3.63. The van der Waals surface area contributed by atoms with Crippen molar-refractivity contribution in [3.8, 4) is 11.3 Å². The first-order valence-electron chi connectivity index (χ1n) is 7.86. The molecule has 4 rings (SSSR count). The summed E-state index contributed by atoms with van der Waals surface area (Å²) in [4.78, 5) is 8.93. The molecular weight excluding hydrogens is 292 g/mol. The quantitative estimate of drug-likeness (QED) is 0.768. The molecule has 0 bridgehead atoms. The Hall–Kier alpha value is -2.54. The summed E-state index contributed by atoms with van der Waals surface area (Å²) in [5.74, 6) is 0.618. The van der Waals surface area contributed by atoms with Crippen molar-refractivity contribution < 1.29 is 5.11 Å². The van der Waals surface area contributed by atoms with Crippen molar-refractivity contribution in [3.63, 3.8) is 0 Å². The maximum atomic E-state index is 9.59. The molecule has 0 amide bonds. The van der Waals surface area contributed by atoms with Gasteiger partial charge in [-0.3, -0.25) is 0 Å². The molecule has 3 heterocycles. The molecule has 0 atom stereocenters. The SMILES string of the molecule is O[C@H]1CC[C@H](Nc2nccc(-c3cnn4ncccc34)n2)CC1. The van der Waals surface area contributed by atoms with E-state index < -0.39 is 0 Å². The van der Waals surface area contributed by atoms with Gasteiger partial charge in [-0.25, -0.2) is 9.97 Å². The Labute approximate surface area is 133 Å². The third kappa shape index (κ3) is 2.87. The molecular formula is C16H18N6O.